The van der Waals surface area contributed by atoms with E-state index in [1.54, 1.807) is 6.07 Å². The Hall–Kier alpha value is -1.94. The average Bonchev–Trinajstić information content (AvgIpc) is 2.63. The van der Waals surface area contributed by atoms with Gasteiger partial charge in [0.15, 0.2) is 0 Å². The van der Waals surface area contributed by atoms with Crippen LogP contribution in [0, 0.1) is 7.14 Å². The first-order valence-corrected chi connectivity index (χ1v) is 9.71. The molecule has 6 heteroatoms. The van der Waals surface area contributed by atoms with E-state index in [1.165, 1.54) is 0 Å². The third-order valence-electron chi connectivity index (χ3n) is 3.95. The number of rotatable bonds is 4. The molecule has 0 aromatic heterocycles. The molecule has 3 aromatic carbocycles. The van der Waals surface area contributed by atoms with E-state index in [2.05, 4.69) is 0 Å². The highest BCUT2D eigenvalue weighted by Gasteiger charge is 2.27. The van der Waals surface area contributed by atoms with Crippen LogP contribution in [0.15, 0.2) is 60.7 Å². The second kappa shape index (κ2) is 7.75. The first-order valence-electron chi connectivity index (χ1n) is 7.55. The predicted molar refractivity (Wildman–Crippen MR) is 117 cm³/mol. The molecule has 0 aliphatic carbocycles. The van der Waals surface area contributed by atoms with Crippen LogP contribution in [-0.2, 0) is 0 Å². The largest absolute Gasteiger partial charge is 0.478 e. The van der Waals surface area contributed by atoms with E-state index < -0.39 is 11.9 Å². The lowest BCUT2D eigenvalue weighted by atomic mass is 9.90. The van der Waals surface area contributed by atoms with Gasteiger partial charge in [-0.2, -0.15) is 0 Å². The quantitative estimate of drug-likeness (QED) is 0.400. The summed E-state index contributed by atoms with van der Waals surface area (Å²) in [6.45, 7) is 0. The van der Waals surface area contributed by atoms with Crippen molar-refractivity contribution in [2.24, 2.45) is 0 Å². The maximum Gasteiger partial charge on any atom is 0.337 e. The first kappa shape index (κ1) is 18.8. The monoisotopic (exact) mass is 570 g/mol. The second-order valence-electron chi connectivity index (χ2n) is 5.49. The van der Waals surface area contributed by atoms with Gasteiger partial charge in [-0.1, -0.05) is 54.6 Å². The van der Waals surface area contributed by atoms with Crippen molar-refractivity contribution in [2.75, 3.05) is 0 Å². The molecular weight excluding hydrogens is 558 g/mol. The van der Waals surface area contributed by atoms with Gasteiger partial charge in [0.05, 0.1) is 11.1 Å². The van der Waals surface area contributed by atoms with Gasteiger partial charge in [0, 0.05) is 7.14 Å². The molecule has 3 aromatic rings. The fraction of sp³-hybridized carbons (Fsp3) is 0. The molecule has 0 saturated carbocycles. The lowest BCUT2D eigenvalue weighted by Gasteiger charge is -2.16. The Morgan fingerprint density at radius 2 is 1.23 bits per heavy atom. The number of aromatic carboxylic acids is 2. The number of halogens is 2. The average molecular weight is 570 g/mol. The van der Waals surface area contributed by atoms with Gasteiger partial charge in [0.2, 0.25) is 0 Å². The van der Waals surface area contributed by atoms with Crippen molar-refractivity contribution in [2.45, 2.75) is 0 Å². The second-order valence-corrected chi connectivity index (χ2v) is 7.73. The van der Waals surface area contributed by atoms with Crippen molar-refractivity contribution in [3.63, 3.8) is 0 Å². The number of hydrogen-bond acceptors (Lipinski definition) is 2. The van der Waals surface area contributed by atoms with E-state index in [0.717, 1.165) is 11.1 Å². The van der Waals surface area contributed by atoms with Crippen LogP contribution in [0.4, 0.5) is 0 Å². The van der Waals surface area contributed by atoms with E-state index in [9.17, 15) is 19.8 Å². The number of carboxylic acid groups (broad SMARTS) is 2. The Bertz CT molecular complexity index is 1010. The summed E-state index contributed by atoms with van der Waals surface area (Å²) < 4.78 is 1.12. The normalized spacial score (nSPS) is 10.5. The molecule has 0 heterocycles. The Morgan fingerprint density at radius 1 is 0.692 bits per heavy atom. The van der Waals surface area contributed by atoms with Crippen LogP contribution >= 0.6 is 45.2 Å². The molecule has 0 bridgehead atoms. The summed E-state index contributed by atoms with van der Waals surface area (Å²) >= 11 is 3.92. The lowest BCUT2D eigenvalue weighted by molar-refractivity contribution is 0.0651. The number of benzene rings is 3. The van der Waals surface area contributed by atoms with Gasteiger partial charge in [-0.3, -0.25) is 0 Å². The van der Waals surface area contributed by atoms with Crippen molar-refractivity contribution in [1.29, 1.82) is 0 Å². The van der Waals surface area contributed by atoms with Crippen LogP contribution in [0.5, 0.6) is 0 Å². The molecule has 0 saturated heterocycles. The lowest BCUT2D eigenvalue weighted by Crippen LogP contribution is -2.13. The molecule has 2 N–H and O–H groups in total. The smallest absolute Gasteiger partial charge is 0.337 e. The molecule has 0 amide bonds. The van der Waals surface area contributed by atoms with E-state index in [-0.39, 0.29) is 11.1 Å². The summed E-state index contributed by atoms with van der Waals surface area (Å²) in [4.78, 5) is 23.7. The van der Waals surface area contributed by atoms with Crippen molar-refractivity contribution in [3.05, 3.63) is 78.9 Å². The van der Waals surface area contributed by atoms with Gasteiger partial charge in [-0.15, -0.1) is 0 Å². The third-order valence-corrected chi connectivity index (χ3v) is 6.95. The molecule has 0 fully saturated rings. The molecule has 3 rings (SSSR count). The summed E-state index contributed by atoms with van der Waals surface area (Å²) in [6, 6.07) is 18.8. The van der Waals surface area contributed by atoms with Gasteiger partial charge >= 0.3 is 11.9 Å². The summed E-state index contributed by atoms with van der Waals surface area (Å²) in [5.41, 5.74) is 2.51. The van der Waals surface area contributed by atoms with Crippen LogP contribution in [0.1, 0.15) is 20.7 Å². The molecule has 0 aliphatic rings. The zero-order valence-electron chi connectivity index (χ0n) is 13.2. The molecule has 0 spiro atoms. The van der Waals surface area contributed by atoms with Gasteiger partial charge in [-0.25, -0.2) is 9.59 Å². The summed E-state index contributed by atoms with van der Waals surface area (Å²) in [6.07, 6.45) is 0. The van der Waals surface area contributed by atoms with Gasteiger partial charge in [0.1, 0.15) is 0 Å². The molecule has 0 atom stereocenters. The SMILES string of the molecule is O=C(O)c1c(-c2ccccc2-c2ccccc2)cc(I)c(I)c1C(=O)O. The molecule has 130 valence electrons. The standard InChI is InChI=1S/C20H12I2O4/c21-15-10-14(16(19(23)24)17(18(15)22)20(25)26)13-9-5-4-8-12(13)11-6-2-1-3-7-11/h1-10H,(H,23,24)(H,25,26). The Kier molecular flexibility index (Phi) is 5.61. The fourth-order valence-electron chi connectivity index (χ4n) is 2.85. The molecule has 0 radical (unpaired) electrons. The first-order chi connectivity index (χ1) is 12.4. The molecule has 4 nitrogen and oxygen atoms in total. The zero-order chi connectivity index (χ0) is 18.8. The minimum absolute atomic E-state index is 0.178. The molecule has 0 unspecified atom stereocenters. The van der Waals surface area contributed by atoms with E-state index in [1.807, 2.05) is 99.8 Å². The topological polar surface area (TPSA) is 74.6 Å². The van der Waals surface area contributed by atoms with E-state index in [4.69, 9.17) is 0 Å². The van der Waals surface area contributed by atoms with Crippen LogP contribution in [0.2, 0.25) is 0 Å². The Labute approximate surface area is 177 Å². The highest BCUT2D eigenvalue weighted by Crippen LogP contribution is 2.38. The van der Waals surface area contributed by atoms with Crippen molar-refractivity contribution >= 4 is 57.1 Å². The summed E-state index contributed by atoms with van der Waals surface area (Å²) in [5, 5.41) is 19.4. The maximum absolute atomic E-state index is 12.0. The van der Waals surface area contributed by atoms with E-state index in [0.29, 0.717) is 18.3 Å². The fourth-order valence-corrected chi connectivity index (χ4v) is 4.09. The zero-order valence-corrected chi connectivity index (χ0v) is 17.6. The van der Waals surface area contributed by atoms with Gasteiger partial charge in [-0.05, 0) is 73.5 Å². The summed E-state index contributed by atoms with van der Waals surface area (Å²) in [7, 11) is 0. The Balaban J connectivity index is 2.40. The molecular formula is C20H12I2O4. The minimum atomic E-state index is -1.26. The van der Waals surface area contributed by atoms with E-state index >= 15 is 0 Å². The minimum Gasteiger partial charge on any atom is -0.478 e. The maximum atomic E-state index is 12.0. The van der Waals surface area contributed by atoms with Gasteiger partial charge in [0.25, 0.3) is 0 Å². The number of hydrogen-bond donors (Lipinski definition) is 2. The number of carboxylic acids is 2. The van der Waals surface area contributed by atoms with Crippen molar-refractivity contribution in [3.8, 4) is 22.3 Å². The van der Waals surface area contributed by atoms with Crippen molar-refractivity contribution in [1.82, 2.24) is 0 Å². The highest BCUT2D eigenvalue weighted by molar-refractivity contribution is 14.1. The molecule has 0 aliphatic heterocycles. The van der Waals surface area contributed by atoms with Crippen LogP contribution < -0.4 is 0 Å². The van der Waals surface area contributed by atoms with Crippen LogP contribution in [-0.4, -0.2) is 22.2 Å². The van der Waals surface area contributed by atoms with Crippen LogP contribution in [0.25, 0.3) is 22.3 Å². The number of carbonyl (C=O) groups is 2. The highest BCUT2D eigenvalue weighted by atomic mass is 127. The predicted octanol–water partition coefficient (Wildman–Crippen LogP) is 5.63. The summed E-state index contributed by atoms with van der Waals surface area (Å²) in [5.74, 6) is -2.50. The van der Waals surface area contributed by atoms with Crippen LogP contribution in [0.3, 0.4) is 0 Å². The Morgan fingerprint density at radius 3 is 1.81 bits per heavy atom. The molecule has 26 heavy (non-hydrogen) atoms. The third kappa shape index (κ3) is 3.48. The van der Waals surface area contributed by atoms with Gasteiger partial charge < -0.3 is 10.2 Å². The van der Waals surface area contributed by atoms with Crippen molar-refractivity contribution < 1.29 is 19.8 Å².